The zero-order valence-corrected chi connectivity index (χ0v) is 12.0. The van der Waals surface area contributed by atoms with Gasteiger partial charge in [-0.25, -0.2) is 0 Å². The lowest BCUT2D eigenvalue weighted by atomic mass is 10.2. The van der Waals surface area contributed by atoms with Crippen LogP contribution in [0.2, 0.25) is 5.02 Å². The predicted molar refractivity (Wildman–Crippen MR) is 82.9 cm³/mol. The Hall–Kier alpha value is -2.35. The number of amides is 1. The smallest absolute Gasteiger partial charge is 0.238 e. The normalized spacial score (nSPS) is 9.90. The SMILES string of the molecule is N#Cc1cccc(NC(=O)CNCc2ccc(Cl)cc2)c1. The molecule has 0 spiro atoms. The summed E-state index contributed by atoms with van der Waals surface area (Å²) >= 11 is 5.80. The molecule has 2 N–H and O–H groups in total. The van der Waals surface area contributed by atoms with Gasteiger partial charge in [0.25, 0.3) is 0 Å². The lowest BCUT2D eigenvalue weighted by Crippen LogP contribution is -2.27. The molecule has 0 aliphatic carbocycles. The lowest BCUT2D eigenvalue weighted by Gasteiger charge is -2.07. The van der Waals surface area contributed by atoms with Crippen molar-refractivity contribution < 1.29 is 4.79 Å². The number of hydrogen-bond acceptors (Lipinski definition) is 3. The van der Waals surface area contributed by atoms with Crippen LogP contribution in [0.1, 0.15) is 11.1 Å². The Morgan fingerprint density at radius 3 is 2.67 bits per heavy atom. The first-order valence-corrected chi connectivity index (χ1v) is 6.80. The molecular formula is C16H14ClN3O. The first-order valence-electron chi connectivity index (χ1n) is 6.42. The molecule has 0 bridgehead atoms. The highest BCUT2D eigenvalue weighted by molar-refractivity contribution is 6.30. The Morgan fingerprint density at radius 2 is 1.95 bits per heavy atom. The van der Waals surface area contributed by atoms with E-state index in [1.807, 2.05) is 30.3 Å². The van der Waals surface area contributed by atoms with Gasteiger partial charge in [-0.05, 0) is 35.9 Å². The summed E-state index contributed by atoms with van der Waals surface area (Å²) in [5.41, 5.74) is 2.19. The summed E-state index contributed by atoms with van der Waals surface area (Å²) in [6, 6.07) is 16.3. The predicted octanol–water partition coefficient (Wildman–Crippen LogP) is 2.94. The highest BCUT2D eigenvalue weighted by Gasteiger charge is 2.02. The maximum absolute atomic E-state index is 11.8. The zero-order chi connectivity index (χ0) is 15.1. The van der Waals surface area contributed by atoms with E-state index in [0.717, 1.165) is 5.56 Å². The van der Waals surface area contributed by atoms with Crippen molar-refractivity contribution in [1.82, 2.24) is 5.32 Å². The molecule has 0 saturated heterocycles. The van der Waals surface area contributed by atoms with E-state index in [0.29, 0.717) is 22.8 Å². The van der Waals surface area contributed by atoms with Crippen molar-refractivity contribution in [2.45, 2.75) is 6.54 Å². The second-order valence-corrected chi connectivity index (χ2v) is 4.91. The third kappa shape index (κ3) is 4.92. The fourth-order valence-corrected chi connectivity index (χ4v) is 1.92. The van der Waals surface area contributed by atoms with Gasteiger partial charge in [0.05, 0.1) is 18.2 Å². The summed E-state index contributed by atoms with van der Waals surface area (Å²) < 4.78 is 0. The molecule has 106 valence electrons. The highest BCUT2D eigenvalue weighted by Crippen LogP contribution is 2.10. The Labute approximate surface area is 128 Å². The van der Waals surface area contributed by atoms with Gasteiger partial charge >= 0.3 is 0 Å². The van der Waals surface area contributed by atoms with Gasteiger partial charge in [0.2, 0.25) is 5.91 Å². The van der Waals surface area contributed by atoms with Crippen LogP contribution in [-0.2, 0) is 11.3 Å². The minimum atomic E-state index is -0.154. The number of benzene rings is 2. The molecule has 0 aliphatic heterocycles. The molecule has 0 aromatic heterocycles. The molecule has 0 atom stereocenters. The number of halogens is 1. The maximum Gasteiger partial charge on any atom is 0.238 e. The van der Waals surface area contributed by atoms with Crippen LogP contribution in [0, 0.1) is 11.3 Å². The quantitative estimate of drug-likeness (QED) is 0.892. The minimum Gasteiger partial charge on any atom is -0.325 e. The van der Waals surface area contributed by atoms with Crippen LogP contribution in [0.25, 0.3) is 0 Å². The summed E-state index contributed by atoms with van der Waals surface area (Å²) in [5, 5.41) is 15.3. The van der Waals surface area contributed by atoms with Crippen LogP contribution in [-0.4, -0.2) is 12.5 Å². The van der Waals surface area contributed by atoms with E-state index in [1.54, 1.807) is 24.3 Å². The van der Waals surface area contributed by atoms with Crippen molar-refractivity contribution in [2.24, 2.45) is 0 Å². The van der Waals surface area contributed by atoms with Crippen LogP contribution >= 0.6 is 11.6 Å². The molecular weight excluding hydrogens is 286 g/mol. The number of nitrogens with zero attached hydrogens (tertiary/aromatic N) is 1. The number of nitriles is 1. The van der Waals surface area contributed by atoms with E-state index in [9.17, 15) is 4.79 Å². The van der Waals surface area contributed by atoms with Gasteiger partial charge in [-0.1, -0.05) is 29.8 Å². The van der Waals surface area contributed by atoms with Gasteiger partial charge in [-0.15, -0.1) is 0 Å². The van der Waals surface area contributed by atoms with Crippen molar-refractivity contribution in [3.05, 3.63) is 64.7 Å². The molecule has 1 amide bonds. The second-order valence-electron chi connectivity index (χ2n) is 4.47. The van der Waals surface area contributed by atoms with Crippen LogP contribution < -0.4 is 10.6 Å². The lowest BCUT2D eigenvalue weighted by molar-refractivity contribution is -0.115. The second kappa shape index (κ2) is 7.44. The Kier molecular flexibility index (Phi) is 5.33. The summed E-state index contributed by atoms with van der Waals surface area (Å²) in [6.07, 6.45) is 0. The fourth-order valence-electron chi connectivity index (χ4n) is 1.79. The summed E-state index contributed by atoms with van der Waals surface area (Å²) in [4.78, 5) is 11.8. The number of carbonyl (C=O) groups is 1. The number of hydrogen-bond donors (Lipinski definition) is 2. The monoisotopic (exact) mass is 299 g/mol. The molecule has 0 saturated carbocycles. The molecule has 2 aromatic carbocycles. The van der Waals surface area contributed by atoms with Crippen LogP contribution in [0.5, 0.6) is 0 Å². The first-order chi connectivity index (χ1) is 10.2. The molecule has 2 rings (SSSR count). The molecule has 4 nitrogen and oxygen atoms in total. The minimum absolute atomic E-state index is 0.154. The molecule has 0 fully saturated rings. The molecule has 5 heteroatoms. The van der Waals surface area contributed by atoms with E-state index < -0.39 is 0 Å². The number of anilines is 1. The average molecular weight is 300 g/mol. The van der Waals surface area contributed by atoms with Gasteiger partial charge in [0, 0.05) is 17.3 Å². The highest BCUT2D eigenvalue weighted by atomic mass is 35.5. The summed E-state index contributed by atoms with van der Waals surface area (Å²) in [5.74, 6) is -0.154. The van der Waals surface area contributed by atoms with Gasteiger partial charge < -0.3 is 10.6 Å². The van der Waals surface area contributed by atoms with Gasteiger partial charge in [-0.2, -0.15) is 5.26 Å². The van der Waals surface area contributed by atoms with Gasteiger partial charge in [-0.3, -0.25) is 4.79 Å². The third-order valence-electron chi connectivity index (χ3n) is 2.80. The van der Waals surface area contributed by atoms with E-state index >= 15 is 0 Å². The van der Waals surface area contributed by atoms with Crippen LogP contribution in [0.3, 0.4) is 0 Å². The third-order valence-corrected chi connectivity index (χ3v) is 3.06. The molecule has 21 heavy (non-hydrogen) atoms. The van der Waals surface area contributed by atoms with E-state index in [4.69, 9.17) is 16.9 Å². The molecule has 0 aliphatic rings. The molecule has 0 unspecified atom stereocenters. The average Bonchev–Trinajstić information content (AvgIpc) is 2.49. The van der Waals surface area contributed by atoms with E-state index in [-0.39, 0.29) is 12.5 Å². The van der Waals surface area contributed by atoms with E-state index in [2.05, 4.69) is 10.6 Å². The van der Waals surface area contributed by atoms with Crippen LogP contribution in [0.15, 0.2) is 48.5 Å². The summed E-state index contributed by atoms with van der Waals surface area (Å²) in [6.45, 7) is 0.780. The van der Waals surface area contributed by atoms with Crippen molar-refractivity contribution in [2.75, 3.05) is 11.9 Å². The maximum atomic E-state index is 11.8. The van der Waals surface area contributed by atoms with Gasteiger partial charge in [0.1, 0.15) is 0 Å². The first kappa shape index (κ1) is 15.0. The van der Waals surface area contributed by atoms with Crippen molar-refractivity contribution in [3.8, 4) is 6.07 Å². The molecule has 2 aromatic rings. The topological polar surface area (TPSA) is 64.9 Å². The Balaban J connectivity index is 1.79. The zero-order valence-electron chi connectivity index (χ0n) is 11.3. The van der Waals surface area contributed by atoms with Crippen molar-refractivity contribution >= 4 is 23.2 Å². The number of carbonyl (C=O) groups excluding carboxylic acids is 1. The van der Waals surface area contributed by atoms with Crippen molar-refractivity contribution in [1.29, 1.82) is 5.26 Å². The Bertz CT molecular complexity index is 662. The molecule has 0 heterocycles. The largest absolute Gasteiger partial charge is 0.325 e. The number of rotatable bonds is 5. The Morgan fingerprint density at radius 1 is 1.19 bits per heavy atom. The van der Waals surface area contributed by atoms with Gasteiger partial charge in [0.15, 0.2) is 0 Å². The standard InChI is InChI=1S/C16H14ClN3O/c17-14-6-4-12(5-7-14)10-19-11-16(21)20-15-3-1-2-13(8-15)9-18/h1-8,19H,10-11H2,(H,20,21). The molecule has 0 radical (unpaired) electrons. The van der Waals surface area contributed by atoms with Crippen molar-refractivity contribution in [3.63, 3.8) is 0 Å². The fraction of sp³-hybridized carbons (Fsp3) is 0.125. The van der Waals surface area contributed by atoms with Crippen LogP contribution in [0.4, 0.5) is 5.69 Å². The number of nitrogens with one attached hydrogen (secondary N) is 2. The van der Waals surface area contributed by atoms with E-state index in [1.165, 1.54) is 0 Å². The summed E-state index contributed by atoms with van der Waals surface area (Å²) in [7, 11) is 0.